The first-order chi connectivity index (χ1) is 10.3. The molecule has 0 N–H and O–H groups in total. The molecule has 2 bridgehead atoms. The van der Waals surface area contributed by atoms with E-state index in [2.05, 4.69) is 12.1 Å². The van der Waals surface area contributed by atoms with E-state index in [0.29, 0.717) is 13.0 Å². The van der Waals surface area contributed by atoms with Crippen molar-refractivity contribution >= 4 is 6.09 Å². The minimum Gasteiger partial charge on any atom is -0.445 e. The highest BCUT2D eigenvalue weighted by Crippen LogP contribution is 2.36. The van der Waals surface area contributed by atoms with Crippen LogP contribution in [0.4, 0.5) is 4.79 Å². The molecule has 1 amide bonds. The van der Waals surface area contributed by atoms with Crippen molar-refractivity contribution in [1.82, 2.24) is 4.90 Å². The van der Waals surface area contributed by atoms with E-state index in [-0.39, 0.29) is 18.2 Å². The van der Waals surface area contributed by atoms with Gasteiger partial charge in [0.2, 0.25) is 0 Å². The number of ether oxygens (including phenoxy) is 1. The molecular formula is C17H18N2O2. The molecule has 108 valence electrons. The molecule has 1 fully saturated rings. The molecule has 4 heteroatoms. The van der Waals surface area contributed by atoms with E-state index in [4.69, 9.17) is 10.00 Å². The molecular weight excluding hydrogens is 264 g/mol. The molecule has 2 atom stereocenters. The number of rotatable bonds is 3. The summed E-state index contributed by atoms with van der Waals surface area (Å²) in [6.45, 7) is 0.310. The van der Waals surface area contributed by atoms with E-state index in [1.165, 1.54) is 0 Å². The van der Waals surface area contributed by atoms with E-state index in [1.54, 1.807) is 0 Å². The van der Waals surface area contributed by atoms with Gasteiger partial charge in [-0.2, -0.15) is 5.26 Å². The van der Waals surface area contributed by atoms with Crippen LogP contribution in [0, 0.1) is 11.3 Å². The number of carbonyl (C=O) groups is 1. The Kier molecular flexibility index (Phi) is 3.92. The molecule has 0 spiro atoms. The molecule has 1 aromatic rings. The maximum Gasteiger partial charge on any atom is 0.410 e. The van der Waals surface area contributed by atoms with Gasteiger partial charge < -0.3 is 4.74 Å². The molecule has 2 unspecified atom stereocenters. The van der Waals surface area contributed by atoms with Crippen molar-refractivity contribution in [2.24, 2.45) is 0 Å². The van der Waals surface area contributed by atoms with Crippen molar-refractivity contribution < 1.29 is 9.53 Å². The lowest BCUT2D eigenvalue weighted by Gasteiger charge is -2.32. The minimum absolute atomic E-state index is 0.107. The standard InChI is InChI=1S/C17H18N2O2/c18-9-8-14-10-15-6-7-16(11-14)19(15)17(20)21-12-13-4-2-1-3-5-13/h1-5,10,15-16H,6-8,11-12H2. The van der Waals surface area contributed by atoms with E-state index in [1.807, 2.05) is 35.2 Å². The number of nitriles is 1. The van der Waals surface area contributed by atoms with Crippen LogP contribution in [0.15, 0.2) is 42.0 Å². The average molecular weight is 282 g/mol. The zero-order valence-corrected chi connectivity index (χ0v) is 11.9. The van der Waals surface area contributed by atoms with Gasteiger partial charge in [0.1, 0.15) is 6.61 Å². The van der Waals surface area contributed by atoms with Crippen molar-refractivity contribution in [3.8, 4) is 6.07 Å². The first-order valence-electron chi connectivity index (χ1n) is 7.33. The molecule has 3 rings (SSSR count). The summed E-state index contributed by atoms with van der Waals surface area (Å²) >= 11 is 0. The molecule has 2 heterocycles. The van der Waals surface area contributed by atoms with Crippen LogP contribution in [0.25, 0.3) is 0 Å². The Labute approximate surface area is 124 Å². The van der Waals surface area contributed by atoms with Gasteiger partial charge in [-0.25, -0.2) is 4.79 Å². The Balaban J connectivity index is 1.63. The number of nitrogens with zero attached hydrogens (tertiary/aromatic N) is 2. The average Bonchev–Trinajstić information content (AvgIpc) is 2.78. The summed E-state index contributed by atoms with van der Waals surface area (Å²) in [5.41, 5.74) is 2.16. The molecule has 1 saturated heterocycles. The third kappa shape index (κ3) is 2.92. The van der Waals surface area contributed by atoms with Crippen LogP contribution in [-0.2, 0) is 11.3 Å². The zero-order valence-electron chi connectivity index (χ0n) is 11.9. The predicted molar refractivity (Wildman–Crippen MR) is 78.2 cm³/mol. The molecule has 1 aromatic carbocycles. The lowest BCUT2D eigenvalue weighted by molar-refractivity contribution is 0.0816. The van der Waals surface area contributed by atoms with Crippen LogP contribution in [0.5, 0.6) is 0 Å². The van der Waals surface area contributed by atoms with Crippen LogP contribution in [0.2, 0.25) is 0 Å². The predicted octanol–water partition coefficient (Wildman–Crippen LogP) is 3.40. The van der Waals surface area contributed by atoms with Crippen molar-refractivity contribution in [2.75, 3.05) is 0 Å². The summed E-state index contributed by atoms with van der Waals surface area (Å²) < 4.78 is 5.44. The van der Waals surface area contributed by atoms with Gasteiger partial charge in [-0.3, -0.25) is 4.90 Å². The largest absolute Gasteiger partial charge is 0.445 e. The van der Waals surface area contributed by atoms with Crippen molar-refractivity contribution in [1.29, 1.82) is 5.26 Å². The fourth-order valence-corrected chi connectivity index (χ4v) is 3.23. The Bertz CT molecular complexity index is 589. The maximum absolute atomic E-state index is 12.3. The molecule has 0 aromatic heterocycles. The summed E-state index contributed by atoms with van der Waals surface area (Å²) in [6, 6.07) is 12.2. The highest BCUT2D eigenvalue weighted by Gasteiger charge is 2.40. The first-order valence-corrected chi connectivity index (χ1v) is 7.33. The number of carbonyl (C=O) groups excluding carboxylic acids is 1. The zero-order chi connectivity index (χ0) is 14.7. The summed E-state index contributed by atoms with van der Waals surface area (Å²) in [7, 11) is 0. The van der Waals surface area contributed by atoms with Crippen LogP contribution in [0.3, 0.4) is 0 Å². The maximum atomic E-state index is 12.3. The van der Waals surface area contributed by atoms with Crippen molar-refractivity contribution in [2.45, 2.75) is 44.4 Å². The van der Waals surface area contributed by atoms with E-state index in [9.17, 15) is 4.79 Å². The molecule has 2 aliphatic heterocycles. The lowest BCUT2D eigenvalue weighted by atomic mass is 9.99. The summed E-state index contributed by atoms with van der Waals surface area (Å²) in [5.74, 6) is 0. The number of fused-ring (bicyclic) bond motifs is 2. The molecule has 0 radical (unpaired) electrons. The van der Waals surface area contributed by atoms with Crippen molar-refractivity contribution in [3.05, 3.63) is 47.5 Å². The van der Waals surface area contributed by atoms with Gasteiger partial charge in [-0.15, -0.1) is 0 Å². The van der Waals surface area contributed by atoms with Crippen LogP contribution in [0.1, 0.15) is 31.2 Å². The molecule has 2 aliphatic rings. The molecule has 21 heavy (non-hydrogen) atoms. The van der Waals surface area contributed by atoms with Gasteiger partial charge in [-0.05, 0) is 24.8 Å². The quantitative estimate of drug-likeness (QED) is 0.798. The second-order valence-corrected chi connectivity index (χ2v) is 5.61. The number of amides is 1. The van der Waals surface area contributed by atoms with E-state index >= 15 is 0 Å². The number of hydrogen-bond acceptors (Lipinski definition) is 3. The van der Waals surface area contributed by atoms with E-state index < -0.39 is 0 Å². The molecule has 0 aliphatic carbocycles. The number of hydrogen-bond donors (Lipinski definition) is 0. The summed E-state index contributed by atoms with van der Waals surface area (Å²) in [5, 5.41) is 8.80. The smallest absolute Gasteiger partial charge is 0.410 e. The van der Waals surface area contributed by atoms with Gasteiger partial charge in [0.25, 0.3) is 0 Å². The van der Waals surface area contributed by atoms with Crippen LogP contribution < -0.4 is 0 Å². The third-order valence-electron chi connectivity index (χ3n) is 4.19. The van der Waals surface area contributed by atoms with Gasteiger partial charge in [0, 0.05) is 6.04 Å². The van der Waals surface area contributed by atoms with Gasteiger partial charge in [0.15, 0.2) is 0 Å². The highest BCUT2D eigenvalue weighted by atomic mass is 16.6. The molecule has 4 nitrogen and oxygen atoms in total. The monoisotopic (exact) mass is 282 g/mol. The van der Waals surface area contributed by atoms with Crippen molar-refractivity contribution in [3.63, 3.8) is 0 Å². The second kappa shape index (κ2) is 6.01. The van der Waals surface area contributed by atoms with Crippen LogP contribution >= 0.6 is 0 Å². The Morgan fingerprint density at radius 1 is 1.33 bits per heavy atom. The first kappa shape index (κ1) is 13.7. The molecule has 0 saturated carbocycles. The topological polar surface area (TPSA) is 53.3 Å². The Hall–Kier alpha value is -2.28. The normalized spacial score (nSPS) is 23.4. The van der Waals surface area contributed by atoms with E-state index in [0.717, 1.165) is 30.4 Å². The van der Waals surface area contributed by atoms with Gasteiger partial charge >= 0.3 is 6.09 Å². The summed E-state index contributed by atoms with van der Waals surface area (Å²) in [4.78, 5) is 14.2. The third-order valence-corrected chi connectivity index (χ3v) is 4.19. The fraction of sp³-hybridized carbons (Fsp3) is 0.412. The number of benzene rings is 1. The fourth-order valence-electron chi connectivity index (χ4n) is 3.23. The van der Waals surface area contributed by atoms with Gasteiger partial charge in [0.05, 0.1) is 18.5 Å². The Morgan fingerprint density at radius 2 is 2.14 bits per heavy atom. The van der Waals surface area contributed by atoms with Gasteiger partial charge in [-0.1, -0.05) is 42.0 Å². The van der Waals surface area contributed by atoms with Crippen LogP contribution in [-0.4, -0.2) is 23.1 Å². The lowest BCUT2D eigenvalue weighted by Crippen LogP contribution is -2.43. The minimum atomic E-state index is -0.237. The summed E-state index contributed by atoms with van der Waals surface area (Å²) in [6.07, 6.45) is 5.09. The SMILES string of the molecule is N#CCC1=CC2CCC(C1)N2C(=O)OCc1ccccc1. The highest BCUT2D eigenvalue weighted by molar-refractivity contribution is 5.70. The second-order valence-electron chi connectivity index (χ2n) is 5.61. The Morgan fingerprint density at radius 3 is 2.86 bits per heavy atom.